The van der Waals surface area contributed by atoms with E-state index in [0.717, 1.165) is 25.9 Å². The zero-order chi connectivity index (χ0) is 19.4. The summed E-state index contributed by atoms with van der Waals surface area (Å²) in [6.07, 6.45) is 2.01. The normalized spacial score (nSPS) is 14.1. The van der Waals surface area contributed by atoms with Crippen LogP contribution in [0.15, 0.2) is 47.4 Å². The third kappa shape index (κ3) is 4.64. The van der Waals surface area contributed by atoms with Crippen molar-refractivity contribution in [2.75, 3.05) is 30.2 Å². The SMILES string of the molecule is COc1ccc(Cl)cc1NS(=O)(=O)c1ccc(NC(=O)N2CCCC2)cc1. The van der Waals surface area contributed by atoms with Crippen molar-refractivity contribution in [1.29, 1.82) is 0 Å². The lowest BCUT2D eigenvalue weighted by atomic mass is 10.3. The van der Waals surface area contributed by atoms with Crippen LogP contribution >= 0.6 is 11.6 Å². The minimum atomic E-state index is -3.84. The monoisotopic (exact) mass is 409 g/mol. The van der Waals surface area contributed by atoms with Crippen molar-refractivity contribution >= 4 is 39.0 Å². The molecule has 27 heavy (non-hydrogen) atoms. The van der Waals surface area contributed by atoms with Gasteiger partial charge in [-0.05, 0) is 55.3 Å². The molecular formula is C18H20ClN3O4S. The van der Waals surface area contributed by atoms with Crippen molar-refractivity contribution < 1.29 is 17.9 Å². The topological polar surface area (TPSA) is 87.7 Å². The van der Waals surface area contributed by atoms with Gasteiger partial charge in [0.05, 0.1) is 17.7 Å². The van der Waals surface area contributed by atoms with E-state index in [-0.39, 0.29) is 16.6 Å². The fraction of sp³-hybridized carbons (Fsp3) is 0.278. The molecule has 2 aromatic rings. The van der Waals surface area contributed by atoms with Gasteiger partial charge in [-0.1, -0.05) is 11.6 Å². The van der Waals surface area contributed by atoms with Crippen LogP contribution in [0.5, 0.6) is 5.75 Å². The molecular weight excluding hydrogens is 390 g/mol. The minimum Gasteiger partial charge on any atom is -0.495 e. The molecule has 0 aliphatic carbocycles. The first-order valence-corrected chi connectivity index (χ1v) is 10.3. The van der Waals surface area contributed by atoms with E-state index in [4.69, 9.17) is 16.3 Å². The number of nitrogens with one attached hydrogen (secondary N) is 2. The van der Waals surface area contributed by atoms with Crippen molar-refractivity contribution in [3.8, 4) is 5.75 Å². The van der Waals surface area contributed by atoms with Crippen LogP contribution in [0.2, 0.25) is 5.02 Å². The Hall–Kier alpha value is -2.45. The van der Waals surface area contributed by atoms with E-state index >= 15 is 0 Å². The number of benzene rings is 2. The number of carbonyl (C=O) groups is 1. The maximum absolute atomic E-state index is 12.6. The molecule has 0 atom stereocenters. The summed E-state index contributed by atoms with van der Waals surface area (Å²) >= 11 is 5.94. The molecule has 144 valence electrons. The number of amides is 2. The summed E-state index contributed by atoms with van der Waals surface area (Å²) < 4.78 is 32.9. The van der Waals surface area contributed by atoms with E-state index in [1.165, 1.54) is 25.3 Å². The molecule has 0 saturated carbocycles. The number of urea groups is 1. The van der Waals surface area contributed by atoms with Gasteiger partial charge < -0.3 is 15.0 Å². The molecule has 9 heteroatoms. The predicted molar refractivity (Wildman–Crippen MR) is 105 cm³/mol. The van der Waals surface area contributed by atoms with Gasteiger partial charge in [0.1, 0.15) is 5.75 Å². The number of halogens is 1. The molecule has 3 rings (SSSR count). The quantitative estimate of drug-likeness (QED) is 0.786. The highest BCUT2D eigenvalue weighted by molar-refractivity contribution is 7.92. The van der Waals surface area contributed by atoms with Gasteiger partial charge in [0.2, 0.25) is 0 Å². The molecule has 0 aromatic heterocycles. The van der Waals surface area contributed by atoms with Crippen molar-refractivity contribution in [3.63, 3.8) is 0 Å². The van der Waals surface area contributed by atoms with Crippen LogP contribution in [-0.2, 0) is 10.0 Å². The average Bonchev–Trinajstić information content (AvgIpc) is 3.17. The number of hydrogen-bond acceptors (Lipinski definition) is 4. The Morgan fingerprint density at radius 2 is 1.78 bits per heavy atom. The Morgan fingerprint density at radius 1 is 1.11 bits per heavy atom. The molecule has 0 radical (unpaired) electrons. The van der Waals surface area contributed by atoms with Gasteiger partial charge in [0, 0.05) is 23.8 Å². The van der Waals surface area contributed by atoms with Crippen LogP contribution < -0.4 is 14.8 Å². The van der Waals surface area contributed by atoms with Crippen LogP contribution in [-0.4, -0.2) is 39.5 Å². The van der Waals surface area contributed by atoms with Gasteiger partial charge in [-0.25, -0.2) is 13.2 Å². The molecule has 1 aliphatic heterocycles. The summed E-state index contributed by atoms with van der Waals surface area (Å²) in [5, 5.41) is 3.16. The number of sulfonamides is 1. The van der Waals surface area contributed by atoms with Crippen LogP contribution in [0.25, 0.3) is 0 Å². The lowest BCUT2D eigenvalue weighted by Gasteiger charge is -2.16. The lowest BCUT2D eigenvalue weighted by Crippen LogP contribution is -2.32. The van der Waals surface area contributed by atoms with Crippen LogP contribution in [0.4, 0.5) is 16.2 Å². The molecule has 1 aliphatic rings. The van der Waals surface area contributed by atoms with E-state index in [2.05, 4.69) is 10.0 Å². The van der Waals surface area contributed by atoms with E-state index in [1.54, 1.807) is 29.2 Å². The Balaban J connectivity index is 1.73. The van der Waals surface area contributed by atoms with Crippen molar-refractivity contribution in [2.45, 2.75) is 17.7 Å². The van der Waals surface area contributed by atoms with Gasteiger partial charge in [-0.3, -0.25) is 4.72 Å². The second-order valence-electron chi connectivity index (χ2n) is 6.10. The Bertz CT molecular complexity index is 926. The zero-order valence-corrected chi connectivity index (χ0v) is 16.3. The molecule has 0 spiro atoms. The standard InChI is InChI=1S/C18H20ClN3O4S/c1-26-17-9-4-13(19)12-16(17)21-27(24,25)15-7-5-14(6-8-15)20-18(23)22-10-2-3-11-22/h4-9,12,21H,2-3,10-11H2,1H3,(H,20,23). The van der Waals surface area contributed by atoms with Crippen LogP contribution in [0, 0.1) is 0 Å². The van der Waals surface area contributed by atoms with Crippen molar-refractivity contribution in [1.82, 2.24) is 4.90 Å². The second kappa shape index (κ2) is 8.06. The summed E-state index contributed by atoms with van der Waals surface area (Å²) in [7, 11) is -2.39. The van der Waals surface area contributed by atoms with Gasteiger partial charge >= 0.3 is 6.03 Å². The summed E-state index contributed by atoms with van der Waals surface area (Å²) in [6, 6.07) is 10.5. The molecule has 2 aromatic carbocycles. The van der Waals surface area contributed by atoms with Crippen molar-refractivity contribution in [2.24, 2.45) is 0 Å². The first kappa shape index (κ1) is 19.3. The van der Waals surface area contributed by atoms with E-state index in [1.807, 2.05) is 0 Å². The fourth-order valence-corrected chi connectivity index (χ4v) is 4.04. The summed E-state index contributed by atoms with van der Waals surface area (Å²) in [4.78, 5) is 13.9. The first-order valence-electron chi connectivity index (χ1n) is 8.41. The Morgan fingerprint density at radius 3 is 2.41 bits per heavy atom. The van der Waals surface area contributed by atoms with Crippen molar-refractivity contribution in [3.05, 3.63) is 47.5 Å². The average molecular weight is 410 g/mol. The minimum absolute atomic E-state index is 0.0590. The number of nitrogens with zero attached hydrogens (tertiary/aromatic N) is 1. The third-order valence-electron chi connectivity index (χ3n) is 4.22. The van der Waals surface area contributed by atoms with E-state index < -0.39 is 10.0 Å². The van der Waals surface area contributed by atoms with Gasteiger partial charge in [-0.15, -0.1) is 0 Å². The van der Waals surface area contributed by atoms with Gasteiger partial charge in [-0.2, -0.15) is 0 Å². The predicted octanol–water partition coefficient (Wildman–Crippen LogP) is 3.78. The maximum Gasteiger partial charge on any atom is 0.321 e. The number of carbonyl (C=O) groups excluding carboxylic acids is 1. The molecule has 1 fully saturated rings. The molecule has 1 saturated heterocycles. The number of rotatable bonds is 5. The fourth-order valence-electron chi connectivity index (χ4n) is 2.80. The van der Waals surface area contributed by atoms with Gasteiger partial charge in [0.15, 0.2) is 0 Å². The number of ether oxygens (including phenoxy) is 1. The zero-order valence-electron chi connectivity index (χ0n) is 14.7. The number of methoxy groups -OCH3 is 1. The Labute approximate surface area is 163 Å². The first-order chi connectivity index (χ1) is 12.9. The summed E-state index contributed by atoms with van der Waals surface area (Å²) in [6.45, 7) is 1.48. The summed E-state index contributed by atoms with van der Waals surface area (Å²) in [5.41, 5.74) is 0.780. The van der Waals surface area contributed by atoms with Gasteiger partial charge in [0.25, 0.3) is 10.0 Å². The highest BCUT2D eigenvalue weighted by Crippen LogP contribution is 2.30. The maximum atomic E-state index is 12.6. The molecule has 1 heterocycles. The largest absolute Gasteiger partial charge is 0.495 e. The van der Waals surface area contributed by atoms with Crippen LogP contribution in [0.1, 0.15) is 12.8 Å². The third-order valence-corrected chi connectivity index (χ3v) is 5.83. The molecule has 0 bridgehead atoms. The summed E-state index contributed by atoms with van der Waals surface area (Å²) in [5.74, 6) is 0.359. The second-order valence-corrected chi connectivity index (χ2v) is 8.22. The highest BCUT2D eigenvalue weighted by Gasteiger charge is 2.19. The Kier molecular flexibility index (Phi) is 5.76. The number of likely N-dealkylation sites (tertiary alicyclic amines) is 1. The molecule has 0 unspecified atom stereocenters. The lowest BCUT2D eigenvalue weighted by molar-refractivity contribution is 0.222. The smallest absolute Gasteiger partial charge is 0.321 e. The molecule has 2 N–H and O–H groups in total. The van der Waals surface area contributed by atoms with E-state index in [0.29, 0.717) is 16.5 Å². The van der Waals surface area contributed by atoms with E-state index in [9.17, 15) is 13.2 Å². The highest BCUT2D eigenvalue weighted by atomic mass is 35.5. The van der Waals surface area contributed by atoms with Crippen LogP contribution in [0.3, 0.4) is 0 Å². The molecule has 2 amide bonds. The number of hydrogen-bond donors (Lipinski definition) is 2. The molecule has 7 nitrogen and oxygen atoms in total. The number of anilines is 2.